The Bertz CT molecular complexity index is 797. The molecule has 0 aliphatic heterocycles. The third-order valence-electron chi connectivity index (χ3n) is 3.18. The van der Waals surface area contributed by atoms with E-state index < -0.39 is 34.5 Å². The van der Waals surface area contributed by atoms with Crippen LogP contribution in [0.2, 0.25) is 5.02 Å². The number of hydrogen-bond donors (Lipinski definition) is 3. The maximum Gasteiger partial charge on any atom is 0.338 e. The maximum absolute atomic E-state index is 12.0. The summed E-state index contributed by atoms with van der Waals surface area (Å²) in [6, 6.07) is 2.77. The molecule has 3 N–H and O–H groups in total. The molecule has 0 aliphatic carbocycles. The van der Waals surface area contributed by atoms with E-state index >= 15 is 0 Å². The summed E-state index contributed by atoms with van der Waals surface area (Å²) in [6.45, 7) is 3.02. The van der Waals surface area contributed by atoms with Crippen molar-refractivity contribution in [1.29, 1.82) is 0 Å². The first-order valence-electron chi connectivity index (χ1n) is 7.59. The Labute approximate surface area is 156 Å². The molecule has 2 amide bonds. The van der Waals surface area contributed by atoms with E-state index in [9.17, 15) is 22.8 Å². The number of hydrogen-bond acceptors (Lipinski definition) is 6. The van der Waals surface area contributed by atoms with Crippen molar-refractivity contribution in [3.05, 3.63) is 28.8 Å². The number of sulfonamides is 1. The van der Waals surface area contributed by atoms with Gasteiger partial charge in [-0.3, -0.25) is 9.59 Å². The SMILES string of the molecule is CCNC(=O)[C@@H](C)NC(=O)COC(=O)c1ccc(Cl)c(S(=O)(=O)NC)c1. The molecular weight excluding hydrogens is 386 g/mol. The molecule has 0 unspecified atom stereocenters. The molecule has 26 heavy (non-hydrogen) atoms. The fraction of sp³-hybridized carbons (Fsp3) is 0.400. The second-order valence-corrected chi connectivity index (χ2v) is 7.37. The van der Waals surface area contributed by atoms with Crippen LogP contribution in [0.1, 0.15) is 24.2 Å². The van der Waals surface area contributed by atoms with Gasteiger partial charge in [-0.05, 0) is 39.1 Å². The summed E-state index contributed by atoms with van der Waals surface area (Å²) in [5, 5.41) is 4.84. The predicted molar refractivity (Wildman–Crippen MR) is 94.3 cm³/mol. The van der Waals surface area contributed by atoms with Crippen molar-refractivity contribution in [2.45, 2.75) is 24.8 Å². The molecule has 0 bridgehead atoms. The molecule has 0 radical (unpaired) electrons. The number of carbonyl (C=O) groups is 3. The first-order valence-corrected chi connectivity index (χ1v) is 9.45. The van der Waals surface area contributed by atoms with E-state index in [-0.39, 0.29) is 21.4 Å². The van der Waals surface area contributed by atoms with Gasteiger partial charge in [0.05, 0.1) is 10.6 Å². The van der Waals surface area contributed by atoms with Crippen LogP contribution in [0.4, 0.5) is 0 Å². The molecule has 144 valence electrons. The van der Waals surface area contributed by atoms with Gasteiger partial charge in [0.1, 0.15) is 10.9 Å². The van der Waals surface area contributed by atoms with Crippen molar-refractivity contribution >= 4 is 39.4 Å². The molecule has 0 fully saturated rings. The lowest BCUT2D eigenvalue weighted by Gasteiger charge is -2.13. The quantitative estimate of drug-likeness (QED) is 0.523. The van der Waals surface area contributed by atoms with Gasteiger partial charge in [0, 0.05) is 6.54 Å². The molecule has 0 aromatic heterocycles. The van der Waals surface area contributed by atoms with Crippen molar-refractivity contribution < 1.29 is 27.5 Å². The summed E-state index contributed by atoms with van der Waals surface area (Å²) in [5.41, 5.74) is -0.0900. The van der Waals surface area contributed by atoms with Crippen LogP contribution in [0.15, 0.2) is 23.1 Å². The van der Waals surface area contributed by atoms with Crippen molar-refractivity contribution in [2.75, 3.05) is 20.2 Å². The average molecular weight is 406 g/mol. The van der Waals surface area contributed by atoms with Gasteiger partial charge in [-0.25, -0.2) is 17.9 Å². The Hall–Kier alpha value is -2.17. The second-order valence-electron chi connectivity index (χ2n) is 5.11. The van der Waals surface area contributed by atoms with Crippen LogP contribution in [0.25, 0.3) is 0 Å². The number of rotatable bonds is 8. The van der Waals surface area contributed by atoms with E-state index in [0.717, 1.165) is 6.07 Å². The summed E-state index contributed by atoms with van der Waals surface area (Å²) in [5.74, 6) is -1.95. The van der Waals surface area contributed by atoms with Crippen molar-refractivity contribution in [3.8, 4) is 0 Å². The molecule has 1 aromatic rings. The van der Waals surface area contributed by atoms with Crippen LogP contribution >= 0.6 is 11.6 Å². The lowest BCUT2D eigenvalue weighted by molar-refractivity contribution is -0.130. The monoisotopic (exact) mass is 405 g/mol. The number of nitrogens with one attached hydrogen (secondary N) is 3. The third-order valence-corrected chi connectivity index (χ3v) is 5.08. The number of ether oxygens (including phenoxy) is 1. The molecule has 0 spiro atoms. The lowest BCUT2D eigenvalue weighted by Crippen LogP contribution is -2.46. The summed E-state index contributed by atoms with van der Waals surface area (Å²) in [6.07, 6.45) is 0. The molecule has 0 aliphatic rings. The highest BCUT2D eigenvalue weighted by Crippen LogP contribution is 2.22. The zero-order valence-corrected chi connectivity index (χ0v) is 16.0. The molecule has 9 nitrogen and oxygen atoms in total. The van der Waals surface area contributed by atoms with E-state index in [1.807, 2.05) is 0 Å². The zero-order chi connectivity index (χ0) is 19.9. The van der Waals surface area contributed by atoms with Gasteiger partial charge in [0.2, 0.25) is 15.9 Å². The molecular formula is C15H20ClN3O6S. The predicted octanol–water partition coefficient (Wildman–Crippen LogP) is 0.0457. The fourth-order valence-electron chi connectivity index (χ4n) is 1.84. The summed E-state index contributed by atoms with van der Waals surface area (Å²) < 4.78 is 30.6. The summed E-state index contributed by atoms with van der Waals surface area (Å²) in [7, 11) is -2.66. The Kier molecular flexibility index (Phi) is 8.00. The van der Waals surface area contributed by atoms with Gasteiger partial charge in [-0.1, -0.05) is 11.6 Å². The van der Waals surface area contributed by atoms with Gasteiger partial charge in [-0.2, -0.15) is 0 Å². The highest BCUT2D eigenvalue weighted by atomic mass is 35.5. The normalized spacial score (nSPS) is 12.2. The molecule has 1 aromatic carbocycles. The van der Waals surface area contributed by atoms with E-state index in [2.05, 4.69) is 15.4 Å². The maximum atomic E-state index is 12.0. The van der Waals surface area contributed by atoms with Crippen LogP contribution in [0.5, 0.6) is 0 Å². The van der Waals surface area contributed by atoms with E-state index in [0.29, 0.717) is 6.54 Å². The van der Waals surface area contributed by atoms with E-state index in [1.165, 1.54) is 26.1 Å². The van der Waals surface area contributed by atoms with Gasteiger partial charge in [-0.15, -0.1) is 0 Å². The molecule has 0 saturated carbocycles. The van der Waals surface area contributed by atoms with Gasteiger partial charge in [0.15, 0.2) is 6.61 Å². The summed E-state index contributed by atoms with van der Waals surface area (Å²) in [4.78, 5) is 35.0. The van der Waals surface area contributed by atoms with Gasteiger partial charge < -0.3 is 15.4 Å². The van der Waals surface area contributed by atoms with Crippen LogP contribution in [0.3, 0.4) is 0 Å². The Morgan fingerprint density at radius 3 is 2.50 bits per heavy atom. The highest BCUT2D eigenvalue weighted by Gasteiger charge is 2.20. The second kappa shape index (κ2) is 9.51. The van der Waals surface area contributed by atoms with Crippen molar-refractivity contribution in [1.82, 2.24) is 15.4 Å². The van der Waals surface area contributed by atoms with Crippen LogP contribution in [0, 0.1) is 0 Å². The highest BCUT2D eigenvalue weighted by molar-refractivity contribution is 7.89. The topological polar surface area (TPSA) is 131 Å². The van der Waals surface area contributed by atoms with Gasteiger partial charge >= 0.3 is 5.97 Å². The number of esters is 1. The minimum Gasteiger partial charge on any atom is -0.452 e. The van der Waals surface area contributed by atoms with Gasteiger partial charge in [0.25, 0.3) is 5.91 Å². The molecule has 1 atom stereocenters. The van der Waals surface area contributed by atoms with Crippen molar-refractivity contribution in [2.24, 2.45) is 0 Å². The first kappa shape index (κ1) is 21.9. The zero-order valence-electron chi connectivity index (χ0n) is 14.5. The smallest absolute Gasteiger partial charge is 0.338 e. The van der Waals surface area contributed by atoms with Crippen LogP contribution in [-0.2, 0) is 24.3 Å². The Morgan fingerprint density at radius 1 is 1.27 bits per heavy atom. The number of amides is 2. The number of halogens is 1. The van der Waals surface area contributed by atoms with Crippen LogP contribution < -0.4 is 15.4 Å². The fourth-order valence-corrected chi connectivity index (χ4v) is 3.09. The van der Waals surface area contributed by atoms with Crippen molar-refractivity contribution in [3.63, 3.8) is 0 Å². The Morgan fingerprint density at radius 2 is 1.92 bits per heavy atom. The lowest BCUT2D eigenvalue weighted by atomic mass is 10.2. The third kappa shape index (κ3) is 5.97. The number of carbonyl (C=O) groups excluding carboxylic acids is 3. The molecule has 0 saturated heterocycles. The molecule has 11 heteroatoms. The largest absolute Gasteiger partial charge is 0.452 e. The van der Waals surface area contributed by atoms with E-state index in [1.54, 1.807) is 6.92 Å². The standard InChI is InChI=1S/C15H20ClN3O6S/c1-4-18-14(21)9(2)19-13(20)8-25-15(22)10-5-6-11(16)12(7-10)26(23,24)17-3/h5-7,9,17H,4,8H2,1-3H3,(H,18,21)(H,19,20)/t9-/m1/s1. The number of likely N-dealkylation sites (N-methyl/N-ethyl adjacent to an activating group) is 1. The minimum atomic E-state index is -3.86. The molecule has 0 heterocycles. The minimum absolute atomic E-state index is 0.0654. The van der Waals surface area contributed by atoms with E-state index in [4.69, 9.17) is 16.3 Å². The average Bonchev–Trinajstić information content (AvgIpc) is 2.60. The first-order chi connectivity index (χ1) is 12.1. The molecule has 1 rings (SSSR count). The number of benzene rings is 1. The summed E-state index contributed by atoms with van der Waals surface area (Å²) >= 11 is 5.83. The van der Waals surface area contributed by atoms with Crippen LogP contribution in [-0.4, -0.2) is 52.4 Å². The Balaban J connectivity index is 2.73.